The molecule has 0 aliphatic carbocycles. The summed E-state index contributed by atoms with van der Waals surface area (Å²) in [4.78, 5) is 16.3. The first-order valence-corrected chi connectivity index (χ1v) is 7.69. The highest BCUT2D eigenvalue weighted by atomic mass is 35.5. The maximum absolute atomic E-state index is 11.9. The number of pyridine rings is 1. The van der Waals surface area contributed by atoms with Gasteiger partial charge in [-0.15, -0.1) is 0 Å². The van der Waals surface area contributed by atoms with Crippen molar-refractivity contribution in [1.82, 2.24) is 20.0 Å². The van der Waals surface area contributed by atoms with E-state index in [-0.39, 0.29) is 5.91 Å². The minimum atomic E-state index is 0.0944. The van der Waals surface area contributed by atoms with Gasteiger partial charge in [0.15, 0.2) is 0 Å². The van der Waals surface area contributed by atoms with Gasteiger partial charge in [0.2, 0.25) is 5.91 Å². The van der Waals surface area contributed by atoms with Gasteiger partial charge in [-0.3, -0.25) is 4.79 Å². The van der Waals surface area contributed by atoms with E-state index in [9.17, 15) is 4.79 Å². The third kappa shape index (κ3) is 3.74. The molecule has 1 aliphatic heterocycles. The molecule has 1 saturated heterocycles. The molecule has 5 nitrogen and oxygen atoms in total. The molecular weight excluding hydrogens is 288 g/mol. The van der Waals surface area contributed by atoms with Gasteiger partial charge < -0.3 is 15.0 Å². The van der Waals surface area contributed by atoms with E-state index in [4.69, 9.17) is 11.6 Å². The van der Waals surface area contributed by atoms with Crippen molar-refractivity contribution in [1.29, 1.82) is 0 Å². The molecule has 0 aromatic carbocycles. The Balaban J connectivity index is 1.49. The molecule has 0 spiro atoms. The number of amides is 1. The summed E-state index contributed by atoms with van der Waals surface area (Å²) in [5.74, 6) is 0.741. The first kappa shape index (κ1) is 14.4. The number of nitrogens with zero attached hydrogens (tertiary/aromatic N) is 2. The zero-order chi connectivity index (χ0) is 14.7. The minimum absolute atomic E-state index is 0.0944. The smallest absolute Gasteiger partial charge is 0.220 e. The van der Waals surface area contributed by atoms with Crippen LogP contribution in [-0.2, 0) is 11.3 Å². The molecule has 6 heteroatoms. The predicted molar refractivity (Wildman–Crippen MR) is 82.3 cm³/mol. The third-order valence-electron chi connectivity index (χ3n) is 3.87. The summed E-state index contributed by atoms with van der Waals surface area (Å²) >= 11 is 5.94. The van der Waals surface area contributed by atoms with Gasteiger partial charge >= 0.3 is 0 Å². The van der Waals surface area contributed by atoms with E-state index in [0.29, 0.717) is 23.9 Å². The second-order valence-corrected chi connectivity index (χ2v) is 5.96. The van der Waals surface area contributed by atoms with Crippen molar-refractivity contribution in [3.63, 3.8) is 0 Å². The van der Waals surface area contributed by atoms with E-state index in [0.717, 1.165) is 30.9 Å². The first-order chi connectivity index (χ1) is 10.2. The number of rotatable bonds is 5. The summed E-state index contributed by atoms with van der Waals surface area (Å²) in [6.07, 6.45) is 6.43. The molecule has 2 aromatic heterocycles. The van der Waals surface area contributed by atoms with E-state index in [2.05, 4.69) is 15.6 Å². The minimum Gasteiger partial charge on any atom is -0.350 e. The van der Waals surface area contributed by atoms with Crippen LogP contribution in [0.1, 0.15) is 25.0 Å². The average Bonchev–Trinajstić information content (AvgIpc) is 3.11. The van der Waals surface area contributed by atoms with Crippen LogP contribution in [0.3, 0.4) is 0 Å². The lowest BCUT2D eigenvalue weighted by molar-refractivity contribution is -0.121. The summed E-state index contributed by atoms with van der Waals surface area (Å²) < 4.78 is 1.87. The second-order valence-electron chi connectivity index (χ2n) is 5.52. The van der Waals surface area contributed by atoms with Crippen LogP contribution in [0, 0.1) is 5.92 Å². The molecule has 1 unspecified atom stereocenters. The van der Waals surface area contributed by atoms with Crippen LogP contribution in [0.4, 0.5) is 0 Å². The molecule has 1 amide bonds. The fourth-order valence-corrected chi connectivity index (χ4v) is 2.84. The van der Waals surface area contributed by atoms with Gasteiger partial charge in [-0.2, -0.15) is 0 Å². The van der Waals surface area contributed by atoms with Crippen molar-refractivity contribution in [2.75, 3.05) is 13.1 Å². The Bertz CT molecular complexity index is 634. The molecule has 3 rings (SSSR count). The summed E-state index contributed by atoms with van der Waals surface area (Å²) in [5, 5.41) is 6.92. The molecule has 0 saturated carbocycles. The molecule has 21 heavy (non-hydrogen) atoms. The third-order valence-corrected chi connectivity index (χ3v) is 4.10. The summed E-state index contributed by atoms with van der Waals surface area (Å²) in [6.45, 7) is 2.58. The molecule has 1 atom stereocenters. The summed E-state index contributed by atoms with van der Waals surface area (Å²) in [5.41, 5.74) is 1.67. The van der Waals surface area contributed by atoms with Crippen LogP contribution < -0.4 is 10.6 Å². The van der Waals surface area contributed by atoms with Gasteiger partial charge in [-0.05, 0) is 44.0 Å². The molecule has 3 heterocycles. The van der Waals surface area contributed by atoms with Crippen molar-refractivity contribution in [3.8, 4) is 0 Å². The fourth-order valence-electron chi connectivity index (χ4n) is 2.68. The first-order valence-electron chi connectivity index (χ1n) is 7.31. The SMILES string of the molecule is O=C(CCC1CCNC1)NCc1cn2cc(Cl)ccc2n1. The van der Waals surface area contributed by atoms with E-state index in [1.54, 1.807) is 0 Å². The highest BCUT2D eigenvalue weighted by Gasteiger charge is 2.15. The highest BCUT2D eigenvalue weighted by Crippen LogP contribution is 2.14. The number of hydrogen-bond donors (Lipinski definition) is 2. The lowest BCUT2D eigenvalue weighted by Crippen LogP contribution is -2.23. The average molecular weight is 307 g/mol. The van der Waals surface area contributed by atoms with Crippen molar-refractivity contribution in [2.24, 2.45) is 5.92 Å². The number of carbonyl (C=O) groups is 1. The van der Waals surface area contributed by atoms with Crippen LogP contribution in [0.2, 0.25) is 5.02 Å². The molecule has 1 fully saturated rings. The van der Waals surface area contributed by atoms with Gasteiger partial charge in [-0.25, -0.2) is 4.98 Å². The van der Waals surface area contributed by atoms with Crippen molar-refractivity contribution in [2.45, 2.75) is 25.8 Å². The summed E-state index contributed by atoms with van der Waals surface area (Å²) in [7, 11) is 0. The standard InChI is InChI=1S/C15H19ClN4O/c16-12-2-3-14-19-13(10-20(14)9-12)8-18-15(21)4-1-11-5-6-17-7-11/h2-3,9-11,17H,1,4-8H2,(H,18,21). The Hall–Kier alpha value is -1.59. The number of fused-ring (bicyclic) bond motifs is 1. The number of aromatic nitrogens is 2. The van der Waals surface area contributed by atoms with Gasteiger partial charge in [0.25, 0.3) is 0 Å². The van der Waals surface area contributed by atoms with Gasteiger partial charge in [-0.1, -0.05) is 11.6 Å². The number of hydrogen-bond acceptors (Lipinski definition) is 3. The lowest BCUT2D eigenvalue weighted by atomic mass is 10.0. The Morgan fingerprint density at radius 2 is 2.38 bits per heavy atom. The van der Waals surface area contributed by atoms with Gasteiger partial charge in [0.1, 0.15) is 5.65 Å². The number of halogens is 1. The van der Waals surface area contributed by atoms with Crippen molar-refractivity contribution in [3.05, 3.63) is 35.2 Å². The second kappa shape index (κ2) is 6.45. The number of carbonyl (C=O) groups excluding carboxylic acids is 1. The number of nitrogens with one attached hydrogen (secondary N) is 2. The molecule has 2 aromatic rings. The van der Waals surface area contributed by atoms with Crippen LogP contribution in [-0.4, -0.2) is 28.4 Å². The van der Waals surface area contributed by atoms with Gasteiger partial charge in [0, 0.05) is 18.8 Å². The lowest BCUT2D eigenvalue weighted by Gasteiger charge is -2.07. The quantitative estimate of drug-likeness (QED) is 0.888. The molecule has 112 valence electrons. The number of imidazole rings is 1. The Kier molecular flexibility index (Phi) is 4.41. The zero-order valence-electron chi connectivity index (χ0n) is 11.8. The maximum atomic E-state index is 11.9. The molecule has 2 N–H and O–H groups in total. The fraction of sp³-hybridized carbons (Fsp3) is 0.467. The van der Waals surface area contributed by atoms with Crippen molar-refractivity contribution < 1.29 is 4.79 Å². The van der Waals surface area contributed by atoms with E-state index in [1.165, 1.54) is 6.42 Å². The van der Waals surface area contributed by atoms with Crippen molar-refractivity contribution >= 4 is 23.2 Å². The van der Waals surface area contributed by atoms with Crippen LogP contribution >= 0.6 is 11.6 Å². The molecule has 1 aliphatic rings. The topological polar surface area (TPSA) is 58.4 Å². The predicted octanol–water partition coefficient (Wildman–Crippen LogP) is 1.99. The van der Waals surface area contributed by atoms with E-state index >= 15 is 0 Å². The van der Waals surface area contributed by atoms with E-state index < -0.39 is 0 Å². The Labute approximate surface area is 128 Å². The molecule has 0 bridgehead atoms. The van der Waals surface area contributed by atoms with Crippen LogP contribution in [0.25, 0.3) is 5.65 Å². The van der Waals surface area contributed by atoms with E-state index in [1.807, 2.05) is 28.9 Å². The largest absolute Gasteiger partial charge is 0.350 e. The van der Waals surface area contributed by atoms with Crippen LogP contribution in [0.5, 0.6) is 0 Å². The van der Waals surface area contributed by atoms with Gasteiger partial charge in [0.05, 0.1) is 17.3 Å². The van der Waals surface area contributed by atoms with Crippen LogP contribution in [0.15, 0.2) is 24.5 Å². The highest BCUT2D eigenvalue weighted by molar-refractivity contribution is 6.30. The zero-order valence-corrected chi connectivity index (χ0v) is 12.6. The molecular formula is C15H19ClN4O. The normalized spacial score (nSPS) is 18.2. The molecule has 0 radical (unpaired) electrons. The maximum Gasteiger partial charge on any atom is 0.220 e. The Morgan fingerprint density at radius 1 is 1.48 bits per heavy atom. The monoisotopic (exact) mass is 306 g/mol. The Morgan fingerprint density at radius 3 is 3.19 bits per heavy atom. The summed E-state index contributed by atoms with van der Waals surface area (Å²) in [6, 6.07) is 3.67.